The number of carboxylic acid groups (broad SMARTS) is 1. The number of alkyl carbamates (subject to hydrolysis) is 1. The van der Waals surface area contributed by atoms with Crippen LogP contribution >= 0.6 is 0 Å². The molecule has 1 rings (SSSR count). The number of benzene rings is 1. The van der Waals surface area contributed by atoms with Crippen LogP contribution in [0.25, 0.3) is 0 Å². The summed E-state index contributed by atoms with van der Waals surface area (Å²) in [7, 11) is 0. The van der Waals surface area contributed by atoms with E-state index in [0.29, 0.717) is 6.42 Å². The molecule has 0 radical (unpaired) electrons. The fourth-order valence-corrected chi connectivity index (χ4v) is 1.76. The van der Waals surface area contributed by atoms with Gasteiger partial charge in [-0.15, -0.1) is 0 Å². The molecular formula is C15H19NO4. The van der Waals surface area contributed by atoms with Gasteiger partial charge in [0.1, 0.15) is 6.61 Å². The monoisotopic (exact) mass is 277 g/mol. The zero-order valence-corrected chi connectivity index (χ0v) is 11.5. The predicted octanol–water partition coefficient (Wildman–Crippen LogP) is 2.15. The first kappa shape index (κ1) is 15.8. The van der Waals surface area contributed by atoms with Crippen LogP contribution in [0.15, 0.2) is 36.9 Å². The zero-order valence-electron chi connectivity index (χ0n) is 11.5. The highest BCUT2D eigenvalue weighted by Gasteiger charge is 2.19. The van der Waals surface area contributed by atoms with Crippen LogP contribution < -0.4 is 5.32 Å². The van der Waals surface area contributed by atoms with Gasteiger partial charge in [0.2, 0.25) is 0 Å². The van der Waals surface area contributed by atoms with E-state index < -0.39 is 18.0 Å². The van der Waals surface area contributed by atoms with Gasteiger partial charge in [0.05, 0.1) is 5.92 Å². The minimum atomic E-state index is -0.949. The Bertz CT molecular complexity index is 485. The average molecular weight is 277 g/mol. The molecule has 1 aromatic carbocycles. The van der Waals surface area contributed by atoms with Crippen LogP contribution in [0.5, 0.6) is 0 Å². The Morgan fingerprint density at radius 2 is 2.25 bits per heavy atom. The summed E-state index contributed by atoms with van der Waals surface area (Å²) in [5.41, 5.74) is 2.00. The van der Waals surface area contributed by atoms with Gasteiger partial charge < -0.3 is 15.2 Å². The van der Waals surface area contributed by atoms with Gasteiger partial charge in [-0.05, 0) is 18.9 Å². The third-order valence-corrected chi connectivity index (χ3v) is 2.74. The normalized spacial score (nSPS) is 11.4. The Balaban J connectivity index is 2.55. The summed E-state index contributed by atoms with van der Waals surface area (Å²) in [6.07, 6.45) is 1.17. The van der Waals surface area contributed by atoms with Crippen LogP contribution in [0.1, 0.15) is 11.1 Å². The van der Waals surface area contributed by atoms with Crippen molar-refractivity contribution in [3.05, 3.63) is 48.0 Å². The van der Waals surface area contributed by atoms with Gasteiger partial charge in [0.15, 0.2) is 0 Å². The van der Waals surface area contributed by atoms with E-state index >= 15 is 0 Å². The number of ether oxygens (including phenoxy) is 1. The molecule has 0 fully saturated rings. The Hall–Kier alpha value is -2.30. The first-order valence-corrected chi connectivity index (χ1v) is 6.32. The van der Waals surface area contributed by atoms with Crippen molar-refractivity contribution >= 4 is 12.1 Å². The number of carboxylic acids is 1. The second-order valence-corrected chi connectivity index (χ2v) is 4.50. The van der Waals surface area contributed by atoms with Gasteiger partial charge in [-0.2, -0.15) is 0 Å². The van der Waals surface area contributed by atoms with Gasteiger partial charge in [-0.1, -0.05) is 42.5 Å². The summed E-state index contributed by atoms with van der Waals surface area (Å²) in [5.74, 6) is -1.64. The zero-order chi connectivity index (χ0) is 15.0. The highest BCUT2D eigenvalue weighted by atomic mass is 16.5. The van der Waals surface area contributed by atoms with Crippen LogP contribution in [0.2, 0.25) is 0 Å². The van der Waals surface area contributed by atoms with E-state index in [0.717, 1.165) is 11.1 Å². The number of amides is 1. The summed E-state index contributed by atoms with van der Waals surface area (Å²) >= 11 is 0. The van der Waals surface area contributed by atoms with E-state index in [9.17, 15) is 14.7 Å². The number of carbonyl (C=O) groups is 2. The van der Waals surface area contributed by atoms with Crippen molar-refractivity contribution in [2.45, 2.75) is 13.3 Å². The van der Waals surface area contributed by atoms with Crippen LogP contribution in [0, 0.1) is 12.8 Å². The quantitative estimate of drug-likeness (QED) is 0.749. The number of rotatable bonds is 7. The maximum absolute atomic E-state index is 11.3. The van der Waals surface area contributed by atoms with E-state index in [-0.39, 0.29) is 13.2 Å². The molecule has 0 aliphatic heterocycles. The molecule has 0 aliphatic rings. The van der Waals surface area contributed by atoms with Crippen LogP contribution in [-0.4, -0.2) is 30.3 Å². The summed E-state index contributed by atoms with van der Waals surface area (Å²) in [6.45, 7) is 5.50. The van der Waals surface area contributed by atoms with Gasteiger partial charge >= 0.3 is 12.1 Å². The lowest BCUT2D eigenvalue weighted by Crippen LogP contribution is -2.34. The Morgan fingerprint density at radius 3 is 2.85 bits per heavy atom. The van der Waals surface area contributed by atoms with Crippen molar-refractivity contribution < 1.29 is 19.4 Å². The summed E-state index contributed by atoms with van der Waals surface area (Å²) in [5, 5.41) is 11.6. The van der Waals surface area contributed by atoms with E-state index in [1.54, 1.807) is 0 Å². The maximum Gasteiger partial charge on any atom is 0.407 e. The second-order valence-electron chi connectivity index (χ2n) is 4.50. The molecule has 0 heterocycles. The van der Waals surface area contributed by atoms with E-state index in [1.165, 1.54) is 6.08 Å². The minimum absolute atomic E-state index is 0.0270. The Morgan fingerprint density at radius 1 is 1.50 bits per heavy atom. The Labute approximate surface area is 118 Å². The molecule has 5 nitrogen and oxygen atoms in total. The van der Waals surface area contributed by atoms with E-state index in [4.69, 9.17) is 4.74 Å². The molecule has 1 unspecified atom stereocenters. The number of hydrogen-bond acceptors (Lipinski definition) is 3. The largest absolute Gasteiger partial charge is 0.481 e. The summed E-state index contributed by atoms with van der Waals surface area (Å²) in [6, 6.07) is 7.64. The predicted molar refractivity (Wildman–Crippen MR) is 75.6 cm³/mol. The molecule has 108 valence electrons. The number of carbonyl (C=O) groups excluding carboxylic acids is 1. The lowest BCUT2D eigenvalue weighted by atomic mass is 9.98. The van der Waals surface area contributed by atoms with Gasteiger partial charge in [0, 0.05) is 6.54 Å². The fraction of sp³-hybridized carbons (Fsp3) is 0.333. The molecular weight excluding hydrogens is 258 g/mol. The van der Waals surface area contributed by atoms with Gasteiger partial charge in [-0.3, -0.25) is 4.79 Å². The molecule has 0 spiro atoms. The first-order chi connectivity index (χ1) is 9.52. The molecule has 1 aromatic rings. The SMILES string of the molecule is C=CCOC(=O)NCC(Cc1cccc(C)c1)C(=O)O. The van der Waals surface area contributed by atoms with Crippen LogP contribution in [0.4, 0.5) is 4.79 Å². The molecule has 0 bridgehead atoms. The second kappa shape index (κ2) is 7.99. The lowest BCUT2D eigenvalue weighted by Gasteiger charge is -2.13. The molecule has 0 saturated carbocycles. The van der Waals surface area contributed by atoms with Gasteiger partial charge in [0.25, 0.3) is 0 Å². The van der Waals surface area contributed by atoms with Crippen LogP contribution in [-0.2, 0) is 16.0 Å². The fourth-order valence-electron chi connectivity index (χ4n) is 1.76. The van der Waals surface area contributed by atoms with Crippen molar-refractivity contribution in [2.24, 2.45) is 5.92 Å². The standard InChI is InChI=1S/C15H19NO4/c1-3-7-20-15(19)16-10-13(14(17)18)9-12-6-4-5-11(2)8-12/h3-6,8,13H,1,7,9-10H2,2H3,(H,16,19)(H,17,18). The number of aliphatic carboxylic acids is 1. The third-order valence-electron chi connectivity index (χ3n) is 2.74. The van der Waals surface area contributed by atoms with E-state index in [2.05, 4.69) is 11.9 Å². The lowest BCUT2D eigenvalue weighted by molar-refractivity contribution is -0.141. The maximum atomic E-state index is 11.3. The topological polar surface area (TPSA) is 75.6 Å². The van der Waals surface area contributed by atoms with E-state index in [1.807, 2.05) is 31.2 Å². The van der Waals surface area contributed by atoms with Crippen molar-refractivity contribution in [1.82, 2.24) is 5.32 Å². The minimum Gasteiger partial charge on any atom is -0.481 e. The summed E-state index contributed by atoms with van der Waals surface area (Å²) in [4.78, 5) is 22.5. The molecule has 1 amide bonds. The molecule has 0 aliphatic carbocycles. The molecule has 2 N–H and O–H groups in total. The first-order valence-electron chi connectivity index (χ1n) is 6.32. The van der Waals surface area contributed by atoms with Gasteiger partial charge in [-0.25, -0.2) is 4.79 Å². The number of nitrogens with one attached hydrogen (secondary N) is 1. The molecule has 0 saturated heterocycles. The average Bonchev–Trinajstić information content (AvgIpc) is 2.40. The number of hydrogen-bond donors (Lipinski definition) is 2. The molecule has 5 heteroatoms. The highest BCUT2D eigenvalue weighted by molar-refractivity contribution is 5.73. The van der Waals surface area contributed by atoms with Crippen molar-refractivity contribution in [1.29, 1.82) is 0 Å². The smallest absolute Gasteiger partial charge is 0.407 e. The third kappa shape index (κ3) is 5.56. The van der Waals surface area contributed by atoms with Crippen molar-refractivity contribution in [2.75, 3.05) is 13.2 Å². The van der Waals surface area contributed by atoms with Crippen LogP contribution in [0.3, 0.4) is 0 Å². The molecule has 20 heavy (non-hydrogen) atoms. The Kier molecular flexibility index (Phi) is 6.29. The number of aryl methyl sites for hydroxylation is 1. The van der Waals surface area contributed by atoms with Crippen molar-refractivity contribution in [3.63, 3.8) is 0 Å². The van der Waals surface area contributed by atoms with Crippen molar-refractivity contribution in [3.8, 4) is 0 Å². The molecule has 0 aromatic heterocycles. The summed E-state index contributed by atoms with van der Waals surface area (Å²) < 4.78 is 4.73. The highest BCUT2D eigenvalue weighted by Crippen LogP contribution is 2.11. The molecule has 1 atom stereocenters.